The van der Waals surface area contributed by atoms with E-state index in [0.29, 0.717) is 0 Å². The Morgan fingerprint density at radius 3 is 2.48 bits per heavy atom. The lowest BCUT2D eigenvalue weighted by Gasteiger charge is -2.16. The molecule has 2 rings (SSSR count). The van der Waals surface area contributed by atoms with Gasteiger partial charge in [-0.2, -0.15) is 0 Å². The van der Waals surface area contributed by atoms with Gasteiger partial charge in [-0.05, 0) is 38.1 Å². The van der Waals surface area contributed by atoms with Crippen LogP contribution < -0.4 is 10.0 Å². The Balaban J connectivity index is 1.89. The van der Waals surface area contributed by atoms with Crippen LogP contribution in [0.15, 0.2) is 29.2 Å². The van der Waals surface area contributed by atoms with Gasteiger partial charge in [-0.15, -0.1) is 0 Å². The average molecular weight is 368 g/mol. The Hall–Kier alpha value is -1.93. The lowest BCUT2D eigenvalue weighted by Crippen LogP contribution is -2.37. The molecule has 2 N–H and O–H groups in total. The minimum absolute atomic E-state index is 0.0349. The number of carbonyl (C=O) groups is 2. The quantitative estimate of drug-likeness (QED) is 0.586. The number of carbonyl (C=O) groups excluding carboxylic acids is 2. The number of sulfonamides is 1. The first-order valence-electron chi connectivity index (χ1n) is 8.42. The van der Waals surface area contributed by atoms with Crippen molar-refractivity contribution in [3.05, 3.63) is 29.8 Å². The van der Waals surface area contributed by atoms with E-state index in [-0.39, 0.29) is 29.0 Å². The van der Waals surface area contributed by atoms with Gasteiger partial charge in [0.15, 0.2) is 6.61 Å². The van der Waals surface area contributed by atoms with Crippen LogP contribution in [0.25, 0.3) is 0 Å². The zero-order valence-electron chi connectivity index (χ0n) is 14.3. The van der Waals surface area contributed by atoms with Crippen molar-refractivity contribution in [1.29, 1.82) is 0 Å². The SMILES string of the molecule is CNS(=O)(=O)c1cccc(C(=O)OCC(=O)NC2CCCCCC2)c1. The summed E-state index contributed by atoms with van der Waals surface area (Å²) in [6.45, 7) is -0.377. The van der Waals surface area contributed by atoms with Gasteiger partial charge in [0.2, 0.25) is 10.0 Å². The number of benzene rings is 1. The number of nitrogens with one attached hydrogen (secondary N) is 2. The molecule has 1 amide bonds. The van der Waals surface area contributed by atoms with Gasteiger partial charge < -0.3 is 10.1 Å². The normalized spacial score (nSPS) is 16.0. The summed E-state index contributed by atoms with van der Waals surface area (Å²) in [5.74, 6) is -1.07. The van der Waals surface area contributed by atoms with Crippen LogP contribution in [0.1, 0.15) is 48.9 Å². The second-order valence-electron chi connectivity index (χ2n) is 6.07. The lowest BCUT2D eigenvalue weighted by molar-refractivity contribution is -0.125. The summed E-state index contributed by atoms with van der Waals surface area (Å²) in [7, 11) is -2.36. The van der Waals surface area contributed by atoms with Crippen molar-refractivity contribution in [3.8, 4) is 0 Å². The number of hydrogen-bond donors (Lipinski definition) is 2. The highest BCUT2D eigenvalue weighted by Gasteiger charge is 2.18. The predicted octanol–water partition coefficient (Wildman–Crippen LogP) is 1.59. The van der Waals surface area contributed by atoms with E-state index >= 15 is 0 Å². The molecule has 0 saturated heterocycles. The maximum Gasteiger partial charge on any atom is 0.338 e. The standard InChI is InChI=1S/C17H24N2O5S/c1-18-25(22,23)15-10-6-7-13(11-15)17(21)24-12-16(20)19-14-8-4-2-3-5-9-14/h6-7,10-11,14,18H,2-5,8-9,12H2,1H3,(H,19,20). The lowest BCUT2D eigenvalue weighted by atomic mass is 10.1. The summed E-state index contributed by atoms with van der Waals surface area (Å²) in [6, 6.07) is 5.63. The fourth-order valence-corrected chi connectivity index (χ4v) is 3.59. The average Bonchev–Trinajstić information content (AvgIpc) is 2.88. The van der Waals surface area contributed by atoms with E-state index in [1.54, 1.807) is 0 Å². The molecular formula is C17H24N2O5S. The first-order valence-corrected chi connectivity index (χ1v) is 9.91. The molecule has 25 heavy (non-hydrogen) atoms. The second-order valence-corrected chi connectivity index (χ2v) is 7.95. The third-order valence-electron chi connectivity index (χ3n) is 4.20. The summed E-state index contributed by atoms with van der Waals surface area (Å²) in [5.41, 5.74) is 0.0820. The van der Waals surface area contributed by atoms with Crippen molar-refractivity contribution in [2.75, 3.05) is 13.7 Å². The maximum atomic E-state index is 12.0. The molecule has 1 aliphatic rings. The Morgan fingerprint density at radius 1 is 1.16 bits per heavy atom. The fraction of sp³-hybridized carbons (Fsp3) is 0.529. The van der Waals surface area contributed by atoms with Gasteiger partial charge in [-0.25, -0.2) is 17.9 Å². The third kappa shape index (κ3) is 5.82. The van der Waals surface area contributed by atoms with Crippen LogP contribution in [0.3, 0.4) is 0 Å². The molecule has 1 aromatic carbocycles. The largest absolute Gasteiger partial charge is 0.452 e. The zero-order valence-corrected chi connectivity index (χ0v) is 15.1. The van der Waals surface area contributed by atoms with Crippen molar-refractivity contribution in [3.63, 3.8) is 0 Å². The molecule has 0 atom stereocenters. The number of ether oxygens (including phenoxy) is 1. The molecule has 0 aromatic heterocycles. The number of hydrogen-bond acceptors (Lipinski definition) is 5. The number of esters is 1. The molecule has 0 unspecified atom stereocenters. The van der Waals surface area contributed by atoms with Gasteiger partial charge in [-0.3, -0.25) is 4.79 Å². The van der Waals surface area contributed by atoms with Crippen LogP contribution in [-0.2, 0) is 19.6 Å². The molecule has 1 fully saturated rings. The summed E-state index contributed by atoms with van der Waals surface area (Å²) >= 11 is 0. The topological polar surface area (TPSA) is 102 Å². The van der Waals surface area contributed by atoms with Crippen molar-refractivity contribution in [1.82, 2.24) is 10.0 Å². The smallest absolute Gasteiger partial charge is 0.338 e. The molecule has 8 heteroatoms. The summed E-state index contributed by atoms with van der Waals surface area (Å²) in [6.07, 6.45) is 6.46. The predicted molar refractivity (Wildman–Crippen MR) is 92.6 cm³/mol. The Labute approximate surface area is 148 Å². The van der Waals surface area contributed by atoms with Crippen LogP contribution in [0.5, 0.6) is 0 Å². The third-order valence-corrected chi connectivity index (χ3v) is 5.62. The minimum Gasteiger partial charge on any atom is -0.452 e. The first kappa shape index (κ1) is 19.4. The van der Waals surface area contributed by atoms with Gasteiger partial charge >= 0.3 is 5.97 Å². The highest BCUT2D eigenvalue weighted by Crippen LogP contribution is 2.17. The molecule has 1 aromatic rings. The van der Waals surface area contributed by atoms with E-state index in [9.17, 15) is 18.0 Å². The summed E-state index contributed by atoms with van der Waals surface area (Å²) in [5, 5.41) is 2.89. The van der Waals surface area contributed by atoms with Crippen LogP contribution in [-0.4, -0.2) is 40.0 Å². The fourth-order valence-electron chi connectivity index (χ4n) is 2.82. The number of rotatable bonds is 6. The highest BCUT2D eigenvalue weighted by molar-refractivity contribution is 7.89. The van der Waals surface area contributed by atoms with Crippen molar-refractivity contribution < 1.29 is 22.7 Å². The molecule has 1 aliphatic carbocycles. The second kappa shape index (κ2) is 8.96. The van der Waals surface area contributed by atoms with E-state index in [0.717, 1.165) is 25.7 Å². The molecule has 0 heterocycles. The zero-order chi connectivity index (χ0) is 18.3. The van der Waals surface area contributed by atoms with Crippen molar-refractivity contribution in [2.45, 2.75) is 49.5 Å². The summed E-state index contributed by atoms with van der Waals surface area (Å²) in [4.78, 5) is 23.9. The first-order chi connectivity index (χ1) is 11.9. The van der Waals surface area contributed by atoms with E-state index in [2.05, 4.69) is 10.0 Å². The molecule has 0 bridgehead atoms. The van der Waals surface area contributed by atoms with E-state index in [1.165, 1.54) is 44.2 Å². The van der Waals surface area contributed by atoms with Crippen LogP contribution in [0, 0.1) is 0 Å². The minimum atomic E-state index is -3.65. The van der Waals surface area contributed by atoms with Crippen molar-refractivity contribution in [2.24, 2.45) is 0 Å². The molecule has 1 saturated carbocycles. The van der Waals surface area contributed by atoms with Gasteiger partial charge in [0, 0.05) is 6.04 Å². The number of amides is 1. The molecule has 7 nitrogen and oxygen atoms in total. The Bertz CT molecular complexity index is 710. The van der Waals surface area contributed by atoms with Crippen LogP contribution in [0.4, 0.5) is 0 Å². The molecule has 0 spiro atoms. The van der Waals surface area contributed by atoms with Crippen molar-refractivity contribution >= 4 is 21.9 Å². The van der Waals surface area contributed by atoms with E-state index in [1.807, 2.05) is 0 Å². The van der Waals surface area contributed by atoms with E-state index in [4.69, 9.17) is 4.74 Å². The molecule has 0 aliphatic heterocycles. The Morgan fingerprint density at radius 2 is 1.84 bits per heavy atom. The van der Waals surface area contributed by atoms with Crippen LogP contribution in [0.2, 0.25) is 0 Å². The molecule has 0 radical (unpaired) electrons. The van der Waals surface area contributed by atoms with Gasteiger partial charge in [0.05, 0.1) is 10.5 Å². The molecule has 138 valence electrons. The van der Waals surface area contributed by atoms with Gasteiger partial charge in [-0.1, -0.05) is 31.7 Å². The molecular weight excluding hydrogens is 344 g/mol. The van der Waals surface area contributed by atoms with E-state index < -0.39 is 16.0 Å². The Kier molecular flexibility index (Phi) is 6.95. The maximum absolute atomic E-state index is 12.0. The summed E-state index contributed by atoms with van der Waals surface area (Å²) < 4.78 is 30.7. The monoisotopic (exact) mass is 368 g/mol. The van der Waals surface area contributed by atoms with Crippen LogP contribution >= 0.6 is 0 Å². The van der Waals surface area contributed by atoms with Gasteiger partial charge in [0.1, 0.15) is 0 Å². The van der Waals surface area contributed by atoms with Gasteiger partial charge in [0.25, 0.3) is 5.91 Å². The highest BCUT2D eigenvalue weighted by atomic mass is 32.2.